The van der Waals surface area contributed by atoms with Crippen LogP contribution in [0.3, 0.4) is 0 Å². The first-order valence-electron chi connectivity index (χ1n) is 7.58. The van der Waals surface area contributed by atoms with Gasteiger partial charge in [-0.2, -0.15) is 0 Å². The molecular formula is C17H23BrO3. The zero-order valence-corrected chi connectivity index (χ0v) is 14.1. The van der Waals surface area contributed by atoms with Crippen molar-refractivity contribution < 1.29 is 15.0 Å². The normalized spacial score (nSPS) is 35.1. The average Bonchev–Trinajstić information content (AvgIpc) is 2.92. The molecule has 0 heterocycles. The largest absolute Gasteiger partial charge is 0.392 e. The Hall–Kier alpha value is -0.630. The van der Waals surface area contributed by atoms with Crippen LogP contribution in [-0.4, -0.2) is 28.2 Å². The third-order valence-corrected chi connectivity index (χ3v) is 5.55. The second-order valence-corrected chi connectivity index (χ2v) is 7.27. The molecule has 0 aliphatic heterocycles. The molecule has 2 fully saturated rings. The summed E-state index contributed by atoms with van der Waals surface area (Å²) in [5.41, 5.74) is 0. The molecule has 1 unspecified atom stereocenters. The molecule has 2 N–H and O–H groups in total. The average molecular weight is 355 g/mol. The lowest BCUT2D eigenvalue weighted by Crippen LogP contribution is -2.22. The molecular weight excluding hydrogens is 332 g/mol. The van der Waals surface area contributed by atoms with Gasteiger partial charge in [-0.05, 0) is 31.1 Å². The van der Waals surface area contributed by atoms with Crippen molar-refractivity contribution in [2.75, 3.05) is 0 Å². The summed E-state index contributed by atoms with van der Waals surface area (Å²) in [6.07, 6.45) is 3.41. The summed E-state index contributed by atoms with van der Waals surface area (Å²) < 4.78 is 0.706. The number of hydrogen-bond acceptors (Lipinski definition) is 3. The molecule has 0 aromatic carbocycles. The second-order valence-electron chi connectivity index (χ2n) is 6.36. The minimum absolute atomic E-state index is 0.0302. The van der Waals surface area contributed by atoms with E-state index in [1.165, 1.54) is 0 Å². The van der Waals surface area contributed by atoms with E-state index in [1.54, 1.807) is 6.92 Å². The van der Waals surface area contributed by atoms with Gasteiger partial charge in [0.2, 0.25) is 0 Å². The van der Waals surface area contributed by atoms with E-state index in [0.717, 1.165) is 0 Å². The van der Waals surface area contributed by atoms with Gasteiger partial charge in [0.25, 0.3) is 0 Å². The van der Waals surface area contributed by atoms with Crippen LogP contribution in [0, 0.1) is 35.5 Å². The minimum Gasteiger partial charge on any atom is -0.392 e. The molecule has 0 aromatic heterocycles. The van der Waals surface area contributed by atoms with E-state index in [1.807, 2.05) is 13.0 Å². The zero-order chi connectivity index (χ0) is 15.6. The molecule has 2 saturated carbocycles. The fourth-order valence-corrected chi connectivity index (χ4v) is 4.34. The molecule has 2 aliphatic carbocycles. The fraction of sp³-hybridized carbons (Fsp3) is 0.706. The molecule has 21 heavy (non-hydrogen) atoms. The Morgan fingerprint density at radius 1 is 1.52 bits per heavy atom. The summed E-state index contributed by atoms with van der Waals surface area (Å²) >= 11 is 3.45. The van der Waals surface area contributed by atoms with Crippen LogP contribution in [0.4, 0.5) is 0 Å². The number of rotatable bonds is 4. The van der Waals surface area contributed by atoms with Gasteiger partial charge in [-0.1, -0.05) is 28.9 Å². The predicted molar refractivity (Wildman–Crippen MR) is 85.6 cm³/mol. The van der Waals surface area contributed by atoms with E-state index in [4.69, 9.17) is 0 Å². The summed E-state index contributed by atoms with van der Waals surface area (Å²) in [6.45, 7) is 3.74. The van der Waals surface area contributed by atoms with E-state index in [9.17, 15) is 15.0 Å². The van der Waals surface area contributed by atoms with E-state index in [0.29, 0.717) is 41.9 Å². The van der Waals surface area contributed by atoms with Crippen LogP contribution in [-0.2, 0) is 4.79 Å². The Kier molecular flexibility index (Phi) is 5.65. The van der Waals surface area contributed by atoms with Gasteiger partial charge in [-0.3, -0.25) is 4.79 Å². The fourth-order valence-electron chi connectivity index (χ4n) is 3.58. The van der Waals surface area contributed by atoms with Crippen molar-refractivity contribution in [3.8, 4) is 11.8 Å². The number of aliphatic hydroxyl groups is 2. The molecule has 0 bridgehead atoms. The maximum atomic E-state index is 11.6. The molecule has 0 saturated heterocycles. The number of halogens is 1. The van der Waals surface area contributed by atoms with Crippen molar-refractivity contribution in [3.63, 3.8) is 0 Å². The van der Waals surface area contributed by atoms with Crippen molar-refractivity contribution in [3.05, 3.63) is 10.6 Å². The summed E-state index contributed by atoms with van der Waals surface area (Å²) in [4.78, 5) is 11.6. The van der Waals surface area contributed by atoms with Crippen LogP contribution in [0.2, 0.25) is 0 Å². The number of carbonyl (C=O) groups excluding carboxylic acids is 1. The highest BCUT2D eigenvalue weighted by molar-refractivity contribution is 9.11. The topological polar surface area (TPSA) is 57.5 Å². The maximum Gasteiger partial charge on any atom is 0.133 e. The standard InChI is InChI=1S/C17H23BrO3/c1-3-4-5-10(2)17(21)15(18)9-14-13-8-12(19)6-11(13)7-16(14)20/h9-11,13-14,16-17,20-21H,5-8H2,1-2H3/t10?,11-,13-,14-,16+,17-/m0/s1. The molecule has 0 amide bonds. The van der Waals surface area contributed by atoms with Gasteiger partial charge in [0.1, 0.15) is 5.78 Å². The molecule has 6 atom stereocenters. The van der Waals surface area contributed by atoms with Crippen molar-refractivity contribution >= 4 is 21.7 Å². The number of carbonyl (C=O) groups is 1. The van der Waals surface area contributed by atoms with Gasteiger partial charge in [0.15, 0.2) is 0 Å². The zero-order valence-electron chi connectivity index (χ0n) is 12.6. The van der Waals surface area contributed by atoms with E-state index in [-0.39, 0.29) is 17.8 Å². The minimum atomic E-state index is -0.616. The predicted octanol–water partition coefficient (Wildman–Crippen LogP) is 2.65. The molecule has 116 valence electrons. The maximum absolute atomic E-state index is 11.6. The van der Waals surface area contributed by atoms with Crippen LogP contribution in [0.5, 0.6) is 0 Å². The van der Waals surface area contributed by atoms with Gasteiger partial charge in [-0.15, -0.1) is 11.8 Å². The van der Waals surface area contributed by atoms with E-state index in [2.05, 4.69) is 27.8 Å². The number of ketones is 1. The summed E-state index contributed by atoms with van der Waals surface area (Å²) in [6, 6.07) is 0. The third-order valence-electron chi connectivity index (χ3n) is 4.82. The monoisotopic (exact) mass is 354 g/mol. The first-order valence-corrected chi connectivity index (χ1v) is 8.38. The lowest BCUT2D eigenvalue weighted by Gasteiger charge is -2.21. The van der Waals surface area contributed by atoms with Gasteiger partial charge in [0, 0.05) is 29.7 Å². The summed E-state index contributed by atoms with van der Waals surface area (Å²) in [5, 5.41) is 20.5. The second kappa shape index (κ2) is 7.09. The van der Waals surface area contributed by atoms with Crippen LogP contribution >= 0.6 is 15.9 Å². The summed E-state index contributed by atoms with van der Waals surface area (Å²) in [5.74, 6) is 6.66. The van der Waals surface area contributed by atoms with Crippen LogP contribution < -0.4 is 0 Å². The molecule has 0 spiro atoms. The van der Waals surface area contributed by atoms with Gasteiger partial charge < -0.3 is 10.2 Å². The van der Waals surface area contributed by atoms with Crippen molar-refractivity contribution in [1.29, 1.82) is 0 Å². The molecule has 2 rings (SSSR count). The first kappa shape index (κ1) is 16.7. The Balaban J connectivity index is 2.06. The van der Waals surface area contributed by atoms with Crippen LogP contribution in [0.25, 0.3) is 0 Å². The van der Waals surface area contributed by atoms with Crippen LogP contribution in [0.15, 0.2) is 10.6 Å². The van der Waals surface area contributed by atoms with Gasteiger partial charge in [0.05, 0.1) is 12.2 Å². The summed E-state index contributed by atoms with van der Waals surface area (Å²) in [7, 11) is 0. The molecule has 3 nitrogen and oxygen atoms in total. The number of aliphatic hydroxyl groups excluding tert-OH is 2. The van der Waals surface area contributed by atoms with E-state index < -0.39 is 12.2 Å². The third kappa shape index (κ3) is 3.77. The van der Waals surface area contributed by atoms with Gasteiger partial charge >= 0.3 is 0 Å². The Morgan fingerprint density at radius 2 is 2.24 bits per heavy atom. The number of fused-ring (bicyclic) bond motifs is 1. The Labute approximate surface area is 134 Å². The Bertz CT molecular complexity index is 488. The van der Waals surface area contributed by atoms with E-state index >= 15 is 0 Å². The number of Topliss-reactive ketones (excluding diaryl/α,β-unsaturated/α-hetero) is 1. The van der Waals surface area contributed by atoms with Crippen molar-refractivity contribution in [2.24, 2.45) is 23.7 Å². The first-order chi connectivity index (χ1) is 9.93. The van der Waals surface area contributed by atoms with Crippen molar-refractivity contribution in [1.82, 2.24) is 0 Å². The Morgan fingerprint density at radius 3 is 2.90 bits per heavy atom. The molecule has 0 radical (unpaired) electrons. The highest BCUT2D eigenvalue weighted by Gasteiger charge is 2.46. The van der Waals surface area contributed by atoms with Crippen molar-refractivity contribution in [2.45, 2.75) is 51.7 Å². The lowest BCUT2D eigenvalue weighted by atomic mass is 9.89. The highest BCUT2D eigenvalue weighted by Crippen LogP contribution is 2.47. The quantitative estimate of drug-likeness (QED) is 0.763. The SMILES string of the molecule is CC#CCC(C)[C@H](O)C(Br)=C[C@H]1[C@H]2CC(=O)C[C@H]2C[C@H]1O. The van der Waals surface area contributed by atoms with Crippen LogP contribution in [0.1, 0.15) is 39.5 Å². The molecule has 4 heteroatoms. The molecule has 0 aromatic rings. The lowest BCUT2D eigenvalue weighted by molar-refractivity contribution is -0.118. The smallest absolute Gasteiger partial charge is 0.133 e. The highest BCUT2D eigenvalue weighted by atomic mass is 79.9. The number of hydrogen-bond donors (Lipinski definition) is 2. The molecule has 2 aliphatic rings. The van der Waals surface area contributed by atoms with Gasteiger partial charge in [-0.25, -0.2) is 0 Å².